The Bertz CT molecular complexity index is 185. The number of hydrogen-bond acceptors (Lipinski definition) is 2. The molecule has 0 aromatic rings. The van der Waals surface area contributed by atoms with Gasteiger partial charge in [0.05, 0.1) is 0 Å². The van der Waals surface area contributed by atoms with Crippen LogP contribution in [0.2, 0.25) is 0 Å². The first-order valence-electron chi connectivity index (χ1n) is 5.82. The summed E-state index contributed by atoms with van der Waals surface area (Å²) in [7, 11) is 0. The van der Waals surface area contributed by atoms with Gasteiger partial charge in [-0.2, -0.15) is 0 Å². The Morgan fingerprint density at radius 1 is 1.40 bits per heavy atom. The molecular formula is C12H26N2O. The number of carbonyl (C=O) groups excluding carboxylic acids is 1. The van der Waals surface area contributed by atoms with Crippen LogP contribution in [0.5, 0.6) is 0 Å². The monoisotopic (exact) mass is 214 g/mol. The lowest BCUT2D eigenvalue weighted by molar-refractivity contribution is -0.122. The topological polar surface area (TPSA) is 55.1 Å². The summed E-state index contributed by atoms with van der Waals surface area (Å²) in [5.41, 5.74) is 5.59. The number of rotatable bonds is 6. The zero-order valence-corrected chi connectivity index (χ0v) is 10.6. The summed E-state index contributed by atoms with van der Waals surface area (Å²) in [5, 5.41) is 2.94. The van der Waals surface area contributed by atoms with E-state index in [2.05, 4.69) is 33.0 Å². The van der Waals surface area contributed by atoms with Crippen molar-refractivity contribution >= 4 is 5.91 Å². The van der Waals surface area contributed by atoms with E-state index in [9.17, 15) is 4.79 Å². The lowest BCUT2D eigenvalue weighted by Gasteiger charge is -2.17. The van der Waals surface area contributed by atoms with Gasteiger partial charge in [-0.25, -0.2) is 0 Å². The van der Waals surface area contributed by atoms with Gasteiger partial charge in [0.25, 0.3) is 0 Å². The minimum atomic E-state index is 0.0780. The maximum Gasteiger partial charge on any atom is 0.220 e. The third-order valence-electron chi connectivity index (χ3n) is 2.29. The van der Waals surface area contributed by atoms with E-state index in [1.807, 2.05) is 0 Å². The molecule has 0 aromatic carbocycles. The summed E-state index contributed by atoms with van der Waals surface area (Å²) in [5.74, 6) is 0.715. The van der Waals surface area contributed by atoms with Crippen LogP contribution >= 0.6 is 0 Å². The molecule has 15 heavy (non-hydrogen) atoms. The lowest BCUT2D eigenvalue weighted by atomic mass is 9.92. The van der Waals surface area contributed by atoms with Gasteiger partial charge in [0.2, 0.25) is 5.91 Å². The molecule has 0 fully saturated rings. The Hall–Kier alpha value is -0.570. The Balaban J connectivity index is 3.48. The first-order valence-corrected chi connectivity index (χ1v) is 5.82. The van der Waals surface area contributed by atoms with Crippen LogP contribution in [0.1, 0.15) is 47.0 Å². The molecule has 1 amide bonds. The predicted molar refractivity (Wildman–Crippen MR) is 64.5 cm³/mol. The highest BCUT2D eigenvalue weighted by Crippen LogP contribution is 2.17. The van der Waals surface area contributed by atoms with E-state index in [0.717, 1.165) is 25.9 Å². The van der Waals surface area contributed by atoms with Crippen molar-refractivity contribution in [3.8, 4) is 0 Å². The molecule has 3 N–H and O–H groups in total. The molecule has 0 spiro atoms. The second-order valence-corrected chi connectivity index (χ2v) is 5.57. The zero-order valence-electron chi connectivity index (χ0n) is 10.6. The lowest BCUT2D eigenvalue weighted by Crippen LogP contribution is -2.28. The zero-order chi connectivity index (χ0) is 11.9. The molecule has 3 nitrogen and oxygen atoms in total. The molecule has 90 valence electrons. The molecule has 0 aliphatic heterocycles. The molecule has 0 radical (unpaired) electrons. The molecule has 0 aliphatic carbocycles. The molecule has 3 heteroatoms. The molecular weight excluding hydrogens is 188 g/mol. The fourth-order valence-electron chi connectivity index (χ4n) is 1.34. The van der Waals surface area contributed by atoms with E-state index >= 15 is 0 Å². The number of nitrogens with one attached hydrogen (secondary N) is 1. The molecule has 1 atom stereocenters. The standard InChI is InChI=1S/C12H26N2O/c1-10(9-13)6-5-7-14-11(15)8-12(2,3)4/h10H,5-9,13H2,1-4H3,(H,14,15). The molecule has 0 saturated heterocycles. The summed E-state index contributed by atoms with van der Waals surface area (Å²) in [6, 6.07) is 0. The van der Waals surface area contributed by atoms with Crippen LogP contribution in [0, 0.1) is 11.3 Å². The van der Waals surface area contributed by atoms with Crippen molar-refractivity contribution in [1.82, 2.24) is 5.32 Å². The molecule has 0 heterocycles. The quantitative estimate of drug-likeness (QED) is 0.664. The maximum atomic E-state index is 11.4. The van der Waals surface area contributed by atoms with E-state index in [1.54, 1.807) is 0 Å². The van der Waals surface area contributed by atoms with Gasteiger partial charge in [0.15, 0.2) is 0 Å². The third-order valence-corrected chi connectivity index (χ3v) is 2.29. The molecule has 0 rings (SSSR count). The van der Waals surface area contributed by atoms with Gasteiger partial charge < -0.3 is 11.1 Å². The van der Waals surface area contributed by atoms with Gasteiger partial charge in [-0.15, -0.1) is 0 Å². The van der Waals surface area contributed by atoms with Crippen LogP contribution in [0.3, 0.4) is 0 Å². The van der Waals surface area contributed by atoms with Crippen LogP contribution in [0.4, 0.5) is 0 Å². The molecule has 0 saturated carbocycles. The van der Waals surface area contributed by atoms with Crippen molar-refractivity contribution in [1.29, 1.82) is 0 Å². The third kappa shape index (κ3) is 9.73. The fraction of sp³-hybridized carbons (Fsp3) is 0.917. The number of carbonyl (C=O) groups is 1. The first kappa shape index (κ1) is 14.4. The minimum Gasteiger partial charge on any atom is -0.356 e. The number of hydrogen-bond donors (Lipinski definition) is 2. The smallest absolute Gasteiger partial charge is 0.220 e. The van der Waals surface area contributed by atoms with Crippen LogP contribution in [0.15, 0.2) is 0 Å². The largest absolute Gasteiger partial charge is 0.356 e. The minimum absolute atomic E-state index is 0.0780. The van der Waals surface area contributed by atoms with Crippen molar-refractivity contribution < 1.29 is 4.79 Å². The van der Waals surface area contributed by atoms with E-state index in [4.69, 9.17) is 5.73 Å². The van der Waals surface area contributed by atoms with E-state index in [0.29, 0.717) is 12.3 Å². The highest BCUT2D eigenvalue weighted by Gasteiger charge is 2.15. The van der Waals surface area contributed by atoms with Crippen molar-refractivity contribution in [2.24, 2.45) is 17.1 Å². The highest BCUT2D eigenvalue weighted by molar-refractivity contribution is 5.76. The Morgan fingerprint density at radius 3 is 2.47 bits per heavy atom. The second-order valence-electron chi connectivity index (χ2n) is 5.57. The Morgan fingerprint density at radius 2 is 2.00 bits per heavy atom. The van der Waals surface area contributed by atoms with Gasteiger partial charge >= 0.3 is 0 Å². The van der Waals surface area contributed by atoms with Crippen molar-refractivity contribution in [3.63, 3.8) is 0 Å². The normalized spacial score (nSPS) is 13.7. The summed E-state index contributed by atoms with van der Waals surface area (Å²) < 4.78 is 0. The summed E-state index contributed by atoms with van der Waals surface area (Å²) in [6.45, 7) is 9.86. The predicted octanol–water partition coefficient (Wildman–Crippen LogP) is 1.91. The van der Waals surface area contributed by atoms with Gasteiger partial charge in [0, 0.05) is 13.0 Å². The summed E-state index contributed by atoms with van der Waals surface area (Å²) >= 11 is 0. The van der Waals surface area contributed by atoms with Crippen LogP contribution in [0.25, 0.3) is 0 Å². The summed E-state index contributed by atoms with van der Waals surface area (Å²) in [4.78, 5) is 11.4. The number of amides is 1. The van der Waals surface area contributed by atoms with Gasteiger partial charge in [0.1, 0.15) is 0 Å². The van der Waals surface area contributed by atoms with Crippen molar-refractivity contribution in [3.05, 3.63) is 0 Å². The van der Waals surface area contributed by atoms with Gasteiger partial charge in [-0.1, -0.05) is 27.7 Å². The van der Waals surface area contributed by atoms with Crippen LogP contribution in [-0.2, 0) is 4.79 Å². The molecule has 0 aromatic heterocycles. The van der Waals surface area contributed by atoms with E-state index in [-0.39, 0.29) is 11.3 Å². The molecule has 0 bridgehead atoms. The van der Waals surface area contributed by atoms with Crippen molar-refractivity contribution in [2.45, 2.75) is 47.0 Å². The maximum absolute atomic E-state index is 11.4. The SMILES string of the molecule is CC(CN)CCCNC(=O)CC(C)(C)C. The Labute approximate surface area is 93.8 Å². The first-order chi connectivity index (χ1) is 6.85. The van der Waals surface area contributed by atoms with Gasteiger partial charge in [-0.05, 0) is 30.7 Å². The van der Waals surface area contributed by atoms with Crippen molar-refractivity contribution in [2.75, 3.05) is 13.1 Å². The summed E-state index contributed by atoms with van der Waals surface area (Å²) in [6.07, 6.45) is 2.71. The van der Waals surface area contributed by atoms with Crippen LogP contribution < -0.4 is 11.1 Å². The highest BCUT2D eigenvalue weighted by atomic mass is 16.1. The van der Waals surface area contributed by atoms with Gasteiger partial charge in [-0.3, -0.25) is 4.79 Å². The fourth-order valence-corrected chi connectivity index (χ4v) is 1.34. The molecule has 1 unspecified atom stereocenters. The molecule has 0 aliphatic rings. The average Bonchev–Trinajstić information content (AvgIpc) is 2.09. The second kappa shape index (κ2) is 6.83. The number of nitrogens with two attached hydrogens (primary N) is 1. The Kier molecular flexibility index (Phi) is 6.57. The van der Waals surface area contributed by atoms with E-state index in [1.165, 1.54) is 0 Å². The van der Waals surface area contributed by atoms with Crippen LogP contribution in [-0.4, -0.2) is 19.0 Å². The van der Waals surface area contributed by atoms with E-state index < -0.39 is 0 Å². The average molecular weight is 214 g/mol.